The van der Waals surface area contributed by atoms with Gasteiger partial charge >= 0.3 is 0 Å². The van der Waals surface area contributed by atoms with Crippen molar-refractivity contribution in [2.45, 2.75) is 17.3 Å². The van der Waals surface area contributed by atoms with Gasteiger partial charge in [-0.05, 0) is 10.4 Å². The van der Waals surface area contributed by atoms with Crippen LogP contribution < -0.4 is 11.1 Å². The second kappa shape index (κ2) is 6.91. The van der Waals surface area contributed by atoms with E-state index in [9.17, 15) is 9.59 Å². The monoisotopic (exact) mass is 314 g/mol. The number of nitrogens with two attached hydrogens (primary N) is 1. The van der Waals surface area contributed by atoms with Crippen molar-refractivity contribution in [1.29, 1.82) is 0 Å². The Hall–Kier alpha value is -2.08. The lowest BCUT2D eigenvalue weighted by molar-refractivity contribution is -0.117. The smallest absolute Gasteiger partial charge is 0.228 e. The zero-order valence-electron chi connectivity index (χ0n) is 10.1. The summed E-state index contributed by atoms with van der Waals surface area (Å²) in [5, 5.41) is 21.2. The predicted octanol–water partition coefficient (Wildman–Crippen LogP) is -0.869. The first kappa shape index (κ1) is 14.3. The molecule has 0 unspecified atom stereocenters. The van der Waals surface area contributed by atoms with E-state index in [0.717, 1.165) is 0 Å². The van der Waals surface area contributed by atoms with Gasteiger partial charge in [-0.3, -0.25) is 9.59 Å². The molecule has 2 aromatic rings. The molecule has 2 amide bonds. The summed E-state index contributed by atoms with van der Waals surface area (Å²) in [6, 6.07) is 0. The maximum Gasteiger partial charge on any atom is 0.228 e. The summed E-state index contributed by atoms with van der Waals surface area (Å²) < 4.78 is 2.02. The SMILES string of the molecule is NC(=O)CSc1nnc(NC(=O)CCn2cnnn2)s1. The number of thioether (sulfide) groups is 1. The number of nitrogens with one attached hydrogen (secondary N) is 1. The van der Waals surface area contributed by atoms with Crippen LogP contribution in [0.1, 0.15) is 6.42 Å². The molecule has 10 nitrogen and oxygen atoms in total. The molecule has 106 valence electrons. The van der Waals surface area contributed by atoms with Gasteiger partial charge in [0.2, 0.25) is 16.9 Å². The van der Waals surface area contributed by atoms with E-state index >= 15 is 0 Å². The van der Waals surface area contributed by atoms with Crippen molar-refractivity contribution in [2.75, 3.05) is 11.1 Å². The van der Waals surface area contributed by atoms with Crippen LogP contribution in [0.5, 0.6) is 0 Å². The lowest BCUT2D eigenvalue weighted by Gasteiger charge is -1.99. The minimum Gasteiger partial charge on any atom is -0.369 e. The van der Waals surface area contributed by atoms with Gasteiger partial charge in [-0.25, -0.2) is 4.68 Å². The van der Waals surface area contributed by atoms with Gasteiger partial charge in [-0.2, -0.15) is 0 Å². The summed E-state index contributed by atoms with van der Waals surface area (Å²) in [6.45, 7) is 0.376. The number of hydrogen-bond acceptors (Lipinski definition) is 9. The van der Waals surface area contributed by atoms with E-state index in [1.807, 2.05) is 0 Å². The Kier molecular flexibility index (Phi) is 4.95. The molecule has 2 aromatic heterocycles. The zero-order valence-corrected chi connectivity index (χ0v) is 11.7. The number of carbonyl (C=O) groups is 2. The van der Waals surface area contributed by atoms with Crippen LogP contribution in [0.25, 0.3) is 0 Å². The molecule has 0 fully saturated rings. The van der Waals surface area contributed by atoms with Gasteiger partial charge < -0.3 is 11.1 Å². The summed E-state index contributed by atoms with van der Waals surface area (Å²) in [5.74, 6) is -0.526. The first-order valence-corrected chi connectivity index (χ1v) is 7.19. The third-order valence-electron chi connectivity index (χ3n) is 1.95. The number of rotatable bonds is 7. The molecule has 3 N–H and O–H groups in total. The number of hydrogen-bond donors (Lipinski definition) is 2. The van der Waals surface area contributed by atoms with Crippen molar-refractivity contribution in [3.63, 3.8) is 0 Å². The van der Waals surface area contributed by atoms with Gasteiger partial charge in [-0.1, -0.05) is 23.1 Å². The molecule has 0 saturated carbocycles. The van der Waals surface area contributed by atoms with Gasteiger partial charge in [0.1, 0.15) is 6.33 Å². The highest BCUT2D eigenvalue weighted by atomic mass is 32.2. The number of primary amides is 1. The fourth-order valence-corrected chi connectivity index (χ4v) is 2.64. The van der Waals surface area contributed by atoms with Gasteiger partial charge in [-0.15, -0.1) is 15.3 Å². The van der Waals surface area contributed by atoms with E-state index in [0.29, 0.717) is 16.0 Å². The molecule has 0 aliphatic heterocycles. The summed E-state index contributed by atoms with van der Waals surface area (Å²) in [4.78, 5) is 22.3. The summed E-state index contributed by atoms with van der Waals surface area (Å²) in [7, 11) is 0. The maximum absolute atomic E-state index is 11.6. The topological polar surface area (TPSA) is 142 Å². The van der Waals surface area contributed by atoms with Crippen LogP contribution in [0.15, 0.2) is 10.7 Å². The molecule has 0 atom stereocenters. The Morgan fingerprint density at radius 1 is 1.45 bits per heavy atom. The molecule has 0 aromatic carbocycles. The minimum absolute atomic E-state index is 0.127. The van der Waals surface area contributed by atoms with Crippen LogP contribution >= 0.6 is 23.1 Å². The summed E-state index contributed by atoms with van der Waals surface area (Å²) in [6.07, 6.45) is 1.64. The van der Waals surface area contributed by atoms with Crippen molar-refractivity contribution in [2.24, 2.45) is 5.73 Å². The number of aryl methyl sites for hydroxylation is 1. The number of nitrogens with zero attached hydrogens (tertiary/aromatic N) is 6. The Labute approximate surface area is 121 Å². The normalized spacial score (nSPS) is 10.4. The van der Waals surface area contributed by atoms with Crippen molar-refractivity contribution in [3.8, 4) is 0 Å². The van der Waals surface area contributed by atoms with E-state index in [-0.39, 0.29) is 18.1 Å². The fraction of sp³-hybridized carbons (Fsp3) is 0.375. The van der Waals surface area contributed by atoms with E-state index in [2.05, 4.69) is 31.0 Å². The molecular weight excluding hydrogens is 304 g/mol. The molecular formula is C8H10N8O2S2. The number of carbonyl (C=O) groups excluding carboxylic acids is 2. The van der Waals surface area contributed by atoms with Crippen molar-refractivity contribution in [1.82, 2.24) is 30.4 Å². The average molecular weight is 314 g/mol. The molecule has 0 spiro atoms. The first-order chi connectivity index (χ1) is 9.63. The number of amides is 2. The van der Waals surface area contributed by atoms with Crippen LogP contribution in [0.3, 0.4) is 0 Å². The molecule has 0 aliphatic rings. The molecule has 0 bridgehead atoms. The van der Waals surface area contributed by atoms with Gasteiger partial charge in [0, 0.05) is 6.42 Å². The van der Waals surface area contributed by atoms with Gasteiger partial charge in [0.25, 0.3) is 0 Å². The Balaban J connectivity index is 1.77. The summed E-state index contributed by atoms with van der Waals surface area (Å²) >= 11 is 2.36. The Morgan fingerprint density at radius 3 is 3.00 bits per heavy atom. The third kappa shape index (κ3) is 4.55. The second-order valence-corrected chi connectivity index (χ2v) is 5.70. The lowest BCUT2D eigenvalue weighted by Crippen LogP contribution is -2.14. The summed E-state index contributed by atoms with van der Waals surface area (Å²) in [5.41, 5.74) is 5.02. The van der Waals surface area contributed by atoms with Crippen LogP contribution in [-0.4, -0.2) is 48.0 Å². The van der Waals surface area contributed by atoms with E-state index in [4.69, 9.17) is 5.73 Å². The number of anilines is 1. The average Bonchev–Trinajstić information content (AvgIpc) is 3.05. The molecule has 2 rings (SSSR count). The van der Waals surface area contributed by atoms with Crippen LogP contribution in [0.2, 0.25) is 0 Å². The minimum atomic E-state index is -0.433. The van der Waals surface area contributed by atoms with Crippen molar-refractivity contribution >= 4 is 40.0 Å². The van der Waals surface area contributed by atoms with Crippen molar-refractivity contribution in [3.05, 3.63) is 6.33 Å². The van der Waals surface area contributed by atoms with Crippen molar-refractivity contribution < 1.29 is 9.59 Å². The number of aromatic nitrogens is 6. The van der Waals surface area contributed by atoms with E-state index in [1.54, 1.807) is 0 Å². The first-order valence-electron chi connectivity index (χ1n) is 5.38. The fourth-order valence-electron chi connectivity index (χ4n) is 1.13. The van der Waals surface area contributed by atoms with Crippen LogP contribution in [0.4, 0.5) is 5.13 Å². The van der Waals surface area contributed by atoms with E-state index < -0.39 is 5.91 Å². The molecule has 0 radical (unpaired) electrons. The molecule has 0 aliphatic carbocycles. The zero-order chi connectivity index (χ0) is 14.4. The molecule has 20 heavy (non-hydrogen) atoms. The highest BCUT2D eigenvalue weighted by Crippen LogP contribution is 2.25. The van der Waals surface area contributed by atoms with E-state index in [1.165, 1.54) is 34.1 Å². The molecule has 0 saturated heterocycles. The maximum atomic E-state index is 11.6. The largest absolute Gasteiger partial charge is 0.369 e. The van der Waals surface area contributed by atoms with Crippen LogP contribution in [-0.2, 0) is 16.1 Å². The third-order valence-corrected chi connectivity index (χ3v) is 3.94. The number of tetrazole rings is 1. The van der Waals surface area contributed by atoms with Gasteiger partial charge in [0.15, 0.2) is 4.34 Å². The molecule has 12 heteroatoms. The highest BCUT2D eigenvalue weighted by molar-refractivity contribution is 8.01. The van der Waals surface area contributed by atoms with Crippen LogP contribution in [0, 0.1) is 0 Å². The Morgan fingerprint density at radius 2 is 2.30 bits per heavy atom. The highest BCUT2D eigenvalue weighted by Gasteiger charge is 2.09. The quantitative estimate of drug-likeness (QED) is 0.496. The Bertz CT molecular complexity index is 583. The second-order valence-electron chi connectivity index (χ2n) is 3.50. The lowest BCUT2D eigenvalue weighted by atomic mass is 10.4. The van der Waals surface area contributed by atoms with Gasteiger partial charge in [0.05, 0.1) is 12.3 Å². The predicted molar refractivity (Wildman–Crippen MR) is 70.9 cm³/mol. The molecule has 2 heterocycles. The standard InChI is InChI=1S/C8H10N8O2S2/c9-5(17)3-19-8-13-12-7(20-8)11-6(18)1-2-16-4-10-14-15-16/h4H,1-3H2,(H2,9,17)(H,11,12,18).